The lowest BCUT2D eigenvalue weighted by Gasteiger charge is -2.24. The zero-order chi connectivity index (χ0) is 21.5. The molecule has 0 radical (unpaired) electrons. The minimum absolute atomic E-state index is 0.0688. The van der Waals surface area contributed by atoms with Crippen molar-refractivity contribution in [1.29, 1.82) is 0 Å². The minimum Gasteiger partial charge on any atom is -0.349 e. The number of nitrogens with zero attached hydrogens (tertiary/aromatic N) is 1. The Morgan fingerprint density at radius 3 is 2.27 bits per heavy atom. The van der Waals surface area contributed by atoms with Gasteiger partial charge in [0.05, 0.1) is 18.5 Å². The molecule has 0 aliphatic heterocycles. The second-order valence-corrected chi connectivity index (χ2v) is 11.1. The van der Waals surface area contributed by atoms with Crippen molar-refractivity contribution in [3.8, 4) is 0 Å². The zero-order valence-corrected chi connectivity index (χ0v) is 19.0. The summed E-state index contributed by atoms with van der Waals surface area (Å²) in [7, 11) is -3.56. The summed E-state index contributed by atoms with van der Waals surface area (Å²) in [6.45, 7) is 0.115. The molecular formula is C22H24Cl2N2O3S. The van der Waals surface area contributed by atoms with Crippen LogP contribution < -0.4 is 9.62 Å². The third-order valence-corrected chi connectivity index (χ3v) is 7.71. The number of anilines is 1. The monoisotopic (exact) mass is 466 g/mol. The van der Waals surface area contributed by atoms with Gasteiger partial charge in [-0.1, -0.05) is 41.8 Å². The predicted octanol–water partition coefficient (Wildman–Crippen LogP) is 4.88. The topological polar surface area (TPSA) is 66.5 Å². The molecule has 4 rings (SSSR count). The SMILES string of the molecule is CS(=O)(=O)N(Cc1ccc(C(=O)NC2CC3CCC2C3)cc1)c1cc(Cl)cc(Cl)c1. The third kappa shape index (κ3) is 4.76. The lowest BCUT2D eigenvalue weighted by Crippen LogP contribution is -2.38. The summed E-state index contributed by atoms with van der Waals surface area (Å²) in [5.41, 5.74) is 1.74. The summed E-state index contributed by atoms with van der Waals surface area (Å²) in [5, 5.41) is 3.89. The van der Waals surface area contributed by atoms with E-state index in [2.05, 4.69) is 5.32 Å². The van der Waals surface area contributed by atoms with E-state index in [1.165, 1.54) is 23.6 Å². The van der Waals surface area contributed by atoms with Crippen molar-refractivity contribution in [2.75, 3.05) is 10.6 Å². The summed E-state index contributed by atoms with van der Waals surface area (Å²) in [6.07, 6.45) is 5.96. The number of sulfonamides is 1. The van der Waals surface area contributed by atoms with E-state index in [1.807, 2.05) is 0 Å². The van der Waals surface area contributed by atoms with Crippen LogP contribution in [-0.4, -0.2) is 26.6 Å². The van der Waals surface area contributed by atoms with Gasteiger partial charge in [-0.2, -0.15) is 0 Å². The van der Waals surface area contributed by atoms with E-state index >= 15 is 0 Å². The van der Waals surface area contributed by atoms with Gasteiger partial charge in [-0.25, -0.2) is 8.42 Å². The summed E-state index contributed by atoms with van der Waals surface area (Å²) in [4.78, 5) is 12.6. The van der Waals surface area contributed by atoms with Gasteiger partial charge in [0, 0.05) is 21.7 Å². The molecule has 2 fully saturated rings. The highest BCUT2D eigenvalue weighted by molar-refractivity contribution is 7.92. The van der Waals surface area contributed by atoms with Crippen molar-refractivity contribution in [2.24, 2.45) is 11.8 Å². The number of benzene rings is 2. The van der Waals surface area contributed by atoms with E-state index in [9.17, 15) is 13.2 Å². The standard InChI is InChI=1S/C22H24Cl2N2O3S/c1-30(28,29)26(20-11-18(23)10-19(24)12-20)13-14-2-5-16(6-3-14)22(27)25-21-9-15-4-7-17(21)8-15/h2-3,5-6,10-12,15,17,21H,4,7-9,13H2,1H3,(H,25,27). The van der Waals surface area contributed by atoms with Crippen LogP contribution in [0.1, 0.15) is 41.6 Å². The molecule has 2 aromatic carbocycles. The number of nitrogens with one attached hydrogen (secondary N) is 1. The first-order valence-corrected chi connectivity index (χ1v) is 12.6. The molecule has 0 heterocycles. The maximum absolute atomic E-state index is 12.6. The quantitative estimate of drug-likeness (QED) is 0.659. The van der Waals surface area contributed by atoms with Crippen LogP contribution in [0.4, 0.5) is 5.69 Å². The molecule has 1 amide bonds. The molecule has 160 valence electrons. The molecule has 2 aliphatic carbocycles. The average Bonchev–Trinajstić information content (AvgIpc) is 3.28. The highest BCUT2D eigenvalue weighted by Gasteiger charge is 2.40. The van der Waals surface area contributed by atoms with Crippen LogP contribution in [-0.2, 0) is 16.6 Å². The number of rotatable bonds is 6. The van der Waals surface area contributed by atoms with Crippen LogP contribution in [0.2, 0.25) is 10.0 Å². The molecule has 30 heavy (non-hydrogen) atoms. The maximum Gasteiger partial charge on any atom is 0.251 e. The van der Waals surface area contributed by atoms with Gasteiger partial charge in [0.2, 0.25) is 10.0 Å². The van der Waals surface area contributed by atoms with E-state index < -0.39 is 10.0 Å². The van der Waals surface area contributed by atoms with E-state index in [1.54, 1.807) is 42.5 Å². The Labute approximate surface area is 187 Å². The highest BCUT2D eigenvalue weighted by atomic mass is 35.5. The molecule has 8 heteroatoms. The van der Waals surface area contributed by atoms with Gasteiger partial charge in [-0.3, -0.25) is 9.10 Å². The van der Waals surface area contributed by atoms with Crippen molar-refractivity contribution < 1.29 is 13.2 Å². The molecule has 0 spiro atoms. The van der Waals surface area contributed by atoms with E-state index in [0.717, 1.165) is 24.2 Å². The number of amides is 1. The van der Waals surface area contributed by atoms with Crippen molar-refractivity contribution in [3.05, 3.63) is 63.6 Å². The number of hydrogen-bond acceptors (Lipinski definition) is 3. The molecule has 0 aromatic heterocycles. The van der Waals surface area contributed by atoms with Gasteiger partial charge < -0.3 is 5.32 Å². The summed E-state index contributed by atoms with van der Waals surface area (Å²) in [5.74, 6) is 1.32. The number of halogens is 2. The molecule has 2 aromatic rings. The second kappa shape index (κ2) is 8.40. The fourth-order valence-corrected chi connectivity index (χ4v) is 6.07. The zero-order valence-electron chi connectivity index (χ0n) is 16.6. The molecule has 2 aliphatic rings. The predicted molar refractivity (Wildman–Crippen MR) is 121 cm³/mol. The van der Waals surface area contributed by atoms with Crippen molar-refractivity contribution in [3.63, 3.8) is 0 Å². The van der Waals surface area contributed by atoms with Crippen LogP contribution in [0.15, 0.2) is 42.5 Å². The van der Waals surface area contributed by atoms with E-state index in [4.69, 9.17) is 23.2 Å². The molecule has 2 saturated carbocycles. The first-order valence-electron chi connectivity index (χ1n) is 10.0. The van der Waals surface area contributed by atoms with Gasteiger partial charge >= 0.3 is 0 Å². The summed E-state index contributed by atoms with van der Waals surface area (Å²) in [6, 6.07) is 12.0. The normalized spacial score (nSPS) is 22.8. The number of hydrogen-bond donors (Lipinski definition) is 1. The van der Waals surface area contributed by atoms with Gasteiger partial charge in [-0.05, 0) is 67.0 Å². The Morgan fingerprint density at radius 1 is 1.07 bits per heavy atom. The van der Waals surface area contributed by atoms with Crippen LogP contribution in [0.3, 0.4) is 0 Å². The Bertz CT molecular complexity index is 1040. The highest BCUT2D eigenvalue weighted by Crippen LogP contribution is 2.44. The van der Waals surface area contributed by atoms with Crippen molar-refractivity contribution in [2.45, 2.75) is 38.3 Å². The van der Waals surface area contributed by atoms with Gasteiger partial charge in [0.25, 0.3) is 5.91 Å². The van der Waals surface area contributed by atoms with Crippen LogP contribution in [0, 0.1) is 11.8 Å². The van der Waals surface area contributed by atoms with Crippen molar-refractivity contribution in [1.82, 2.24) is 5.32 Å². The molecule has 2 bridgehead atoms. The minimum atomic E-state index is -3.56. The lowest BCUT2D eigenvalue weighted by atomic mass is 9.95. The van der Waals surface area contributed by atoms with Crippen LogP contribution in [0.25, 0.3) is 0 Å². The van der Waals surface area contributed by atoms with Crippen molar-refractivity contribution >= 4 is 44.8 Å². The second-order valence-electron chi connectivity index (χ2n) is 8.35. The number of fused-ring (bicyclic) bond motifs is 2. The Morgan fingerprint density at radius 2 is 1.73 bits per heavy atom. The molecule has 3 unspecified atom stereocenters. The summed E-state index contributed by atoms with van der Waals surface area (Å²) < 4.78 is 26.0. The first-order chi connectivity index (χ1) is 14.2. The van der Waals surface area contributed by atoms with E-state index in [-0.39, 0.29) is 18.5 Å². The smallest absolute Gasteiger partial charge is 0.251 e. The Balaban J connectivity index is 1.47. The molecule has 3 atom stereocenters. The van der Waals surface area contributed by atoms with E-state index in [0.29, 0.717) is 27.2 Å². The lowest BCUT2D eigenvalue weighted by molar-refractivity contribution is 0.0923. The maximum atomic E-state index is 12.6. The van der Waals surface area contributed by atoms with Gasteiger partial charge in [0.1, 0.15) is 0 Å². The Hall–Kier alpha value is -1.76. The summed E-state index contributed by atoms with van der Waals surface area (Å²) >= 11 is 12.1. The van der Waals surface area contributed by atoms with Crippen LogP contribution in [0.5, 0.6) is 0 Å². The number of carbonyl (C=O) groups is 1. The third-order valence-electron chi connectivity index (χ3n) is 6.13. The number of carbonyl (C=O) groups excluding carboxylic acids is 1. The van der Waals surface area contributed by atoms with Gasteiger partial charge in [0.15, 0.2) is 0 Å². The first kappa shape index (κ1) is 21.5. The fourth-order valence-electron chi connectivity index (χ4n) is 4.68. The largest absolute Gasteiger partial charge is 0.349 e. The Kier molecular flexibility index (Phi) is 6.02. The molecule has 0 saturated heterocycles. The van der Waals surface area contributed by atoms with Gasteiger partial charge in [-0.15, -0.1) is 0 Å². The molecule has 1 N–H and O–H groups in total. The van der Waals surface area contributed by atoms with Crippen LogP contribution >= 0.6 is 23.2 Å². The average molecular weight is 467 g/mol. The fraction of sp³-hybridized carbons (Fsp3) is 0.409. The molecular weight excluding hydrogens is 443 g/mol. The molecule has 5 nitrogen and oxygen atoms in total.